The lowest BCUT2D eigenvalue weighted by atomic mass is 10.2. The van der Waals surface area contributed by atoms with E-state index in [2.05, 4.69) is 10.3 Å². The molecule has 2 N–H and O–H groups in total. The first kappa shape index (κ1) is 14.6. The number of nitrogens with one attached hydrogen (secondary N) is 1. The van der Waals surface area contributed by atoms with Crippen LogP contribution in [0.3, 0.4) is 0 Å². The van der Waals surface area contributed by atoms with Crippen molar-refractivity contribution in [3.63, 3.8) is 0 Å². The fourth-order valence-corrected chi connectivity index (χ4v) is 2.43. The fourth-order valence-electron chi connectivity index (χ4n) is 1.64. The number of rotatable bonds is 4. The van der Waals surface area contributed by atoms with Crippen LogP contribution in [0.2, 0.25) is 0 Å². The molecular formula is C15H16N2O2S. The molecule has 20 heavy (non-hydrogen) atoms. The first-order valence-electron chi connectivity index (χ1n) is 6.24. The Kier molecular flexibility index (Phi) is 4.76. The summed E-state index contributed by atoms with van der Waals surface area (Å²) < 4.78 is 0. The zero-order valence-electron chi connectivity index (χ0n) is 11.3. The summed E-state index contributed by atoms with van der Waals surface area (Å²) in [5, 5.41) is 12.1. The van der Waals surface area contributed by atoms with Gasteiger partial charge in [0.1, 0.15) is 0 Å². The molecule has 0 aliphatic carbocycles. The molecule has 5 heteroatoms. The van der Waals surface area contributed by atoms with Gasteiger partial charge in [0.05, 0.1) is 11.8 Å². The molecule has 4 nitrogen and oxygen atoms in total. The van der Waals surface area contributed by atoms with Gasteiger partial charge in [-0.2, -0.15) is 0 Å². The van der Waals surface area contributed by atoms with Crippen molar-refractivity contribution < 1.29 is 9.90 Å². The first-order chi connectivity index (χ1) is 9.54. The van der Waals surface area contributed by atoms with Crippen LogP contribution < -0.4 is 5.32 Å². The Morgan fingerprint density at radius 1 is 1.20 bits per heavy atom. The number of anilines is 1. The van der Waals surface area contributed by atoms with E-state index in [0.717, 1.165) is 15.5 Å². The maximum absolute atomic E-state index is 10.9. The molecule has 1 heterocycles. The van der Waals surface area contributed by atoms with Gasteiger partial charge in [-0.3, -0.25) is 9.78 Å². The van der Waals surface area contributed by atoms with Crippen molar-refractivity contribution >= 4 is 23.4 Å². The Balaban J connectivity index is 2.04. The van der Waals surface area contributed by atoms with Crippen molar-refractivity contribution in [3.8, 4) is 0 Å². The van der Waals surface area contributed by atoms with Gasteiger partial charge in [-0.05, 0) is 43.3 Å². The van der Waals surface area contributed by atoms with Crippen LogP contribution in [0.1, 0.15) is 25.6 Å². The minimum atomic E-state index is -0.550. The molecule has 1 atom stereocenters. The summed E-state index contributed by atoms with van der Waals surface area (Å²) in [6.45, 7) is 3.17. The highest BCUT2D eigenvalue weighted by atomic mass is 32.2. The summed E-state index contributed by atoms with van der Waals surface area (Å²) in [5.74, 6) is -0.0803. The third-order valence-corrected chi connectivity index (χ3v) is 3.58. The van der Waals surface area contributed by atoms with Crippen LogP contribution in [0.25, 0.3) is 0 Å². The average molecular weight is 288 g/mol. The number of amides is 1. The Bertz CT molecular complexity index is 580. The number of pyridine rings is 1. The number of hydrogen-bond donors (Lipinski definition) is 2. The zero-order chi connectivity index (χ0) is 14.5. The third kappa shape index (κ3) is 4.08. The number of carbonyl (C=O) groups is 1. The highest BCUT2D eigenvalue weighted by Crippen LogP contribution is 2.28. The van der Waals surface area contributed by atoms with Gasteiger partial charge in [-0.15, -0.1) is 0 Å². The molecule has 0 fully saturated rings. The van der Waals surface area contributed by atoms with Crippen molar-refractivity contribution in [2.24, 2.45) is 0 Å². The zero-order valence-corrected chi connectivity index (χ0v) is 12.1. The molecule has 0 saturated heterocycles. The van der Waals surface area contributed by atoms with Crippen LogP contribution in [-0.2, 0) is 4.79 Å². The van der Waals surface area contributed by atoms with Gasteiger partial charge in [0, 0.05) is 28.6 Å². The number of nitrogens with zero attached hydrogens (tertiary/aromatic N) is 1. The number of hydrogen-bond acceptors (Lipinski definition) is 4. The maximum Gasteiger partial charge on any atom is 0.221 e. The predicted molar refractivity (Wildman–Crippen MR) is 79.7 cm³/mol. The number of carbonyl (C=O) groups excluding carboxylic acids is 1. The number of aromatic nitrogens is 1. The molecule has 1 aromatic carbocycles. The summed E-state index contributed by atoms with van der Waals surface area (Å²) in [4.78, 5) is 17.2. The van der Waals surface area contributed by atoms with Crippen LogP contribution >= 0.6 is 11.8 Å². The Morgan fingerprint density at radius 3 is 2.35 bits per heavy atom. The van der Waals surface area contributed by atoms with E-state index in [4.69, 9.17) is 0 Å². The van der Waals surface area contributed by atoms with Gasteiger partial charge in [0.25, 0.3) is 0 Å². The van der Waals surface area contributed by atoms with Crippen molar-refractivity contribution in [3.05, 3.63) is 48.3 Å². The highest BCUT2D eigenvalue weighted by Gasteiger charge is 2.03. The first-order valence-corrected chi connectivity index (χ1v) is 7.06. The minimum absolute atomic E-state index is 0.0803. The van der Waals surface area contributed by atoms with Crippen LogP contribution in [0, 0.1) is 0 Å². The second-order valence-electron chi connectivity index (χ2n) is 4.40. The van der Waals surface area contributed by atoms with Gasteiger partial charge < -0.3 is 10.4 Å². The molecular weight excluding hydrogens is 272 g/mol. The molecule has 1 aromatic heterocycles. The van der Waals surface area contributed by atoms with Gasteiger partial charge in [-0.25, -0.2) is 0 Å². The van der Waals surface area contributed by atoms with Crippen LogP contribution in [0.15, 0.2) is 52.4 Å². The van der Waals surface area contributed by atoms with E-state index >= 15 is 0 Å². The molecule has 2 rings (SSSR count). The van der Waals surface area contributed by atoms with Gasteiger partial charge in [0.15, 0.2) is 0 Å². The molecule has 104 valence electrons. The third-order valence-electron chi connectivity index (χ3n) is 2.60. The van der Waals surface area contributed by atoms with Crippen molar-refractivity contribution in [1.29, 1.82) is 0 Å². The van der Waals surface area contributed by atoms with Gasteiger partial charge in [-0.1, -0.05) is 11.8 Å². The standard InChI is InChI=1S/C15H16N2O2S/c1-10(18)15-8-7-14(9-16-15)20-13-5-3-12(4-6-13)17-11(2)19/h3-10,18H,1-2H3,(H,17,19). The van der Waals surface area contributed by atoms with E-state index in [1.165, 1.54) is 6.92 Å². The predicted octanol–water partition coefficient (Wildman–Crippen LogP) is 3.24. The highest BCUT2D eigenvalue weighted by molar-refractivity contribution is 7.99. The Hall–Kier alpha value is -1.85. The van der Waals surface area contributed by atoms with E-state index in [1.807, 2.05) is 36.4 Å². The summed E-state index contributed by atoms with van der Waals surface area (Å²) in [7, 11) is 0. The van der Waals surface area contributed by atoms with E-state index in [9.17, 15) is 9.90 Å². The SMILES string of the molecule is CC(=O)Nc1ccc(Sc2ccc(C(C)O)nc2)cc1. The number of benzene rings is 1. The van der Waals surface area contributed by atoms with Gasteiger partial charge >= 0.3 is 0 Å². The van der Waals surface area contributed by atoms with Crippen LogP contribution in [0.4, 0.5) is 5.69 Å². The van der Waals surface area contributed by atoms with Crippen molar-refractivity contribution in [1.82, 2.24) is 4.98 Å². The lowest BCUT2D eigenvalue weighted by Crippen LogP contribution is -2.05. The molecule has 1 amide bonds. The molecule has 0 aliphatic heterocycles. The quantitative estimate of drug-likeness (QED) is 0.906. The fraction of sp³-hybridized carbons (Fsp3) is 0.200. The molecule has 2 aromatic rings. The smallest absolute Gasteiger partial charge is 0.221 e. The van der Waals surface area contributed by atoms with Gasteiger partial charge in [0.2, 0.25) is 5.91 Å². The summed E-state index contributed by atoms with van der Waals surface area (Å²) in [6, 6.07) is 11.4. The second kappa shape index (κ2) is 6.54. The Labute approximate surface area is 122 Å². The normalized spacial score (nSPS) is 11.9. The average Bonchev–Trinajstić information content (AvgIpc) is 2.41. The van der Waals surface area contributed by atoms with E-state index in [-0.39, 0.29) is 5.91 Å². The molecule has 0 radical (unpaired) electrons. The van der Waals surface area contributed by atoms with E-state index in [0.29, 0.717) is 5.69 Å². The maximum atomic E-state index is 10.9. The van der Waals surface area contributed by atoms with Crippen LogP contribution in [0.5, 0.6) is 0 Å². The largest absolute Gasteiger partial charge is 0.387 e. The Morgan fingerprint density at radius 2 is 1.85 bits per heavy atom. The summed E-state index contributed by atoms with van der Waals surface area (Å²) in [6.07, 6.45) is 1.19. The minimum Gasteiger partial charge on any atom is -0.387 e. The number of aliphatic hydroxyl groups excluding tert-OH is 1. The molecule has 0 bridgehead atoms. The summed E-state index contributed by atoms with van der Waals surface area (Å²) >= 11 is 1.58. The second-order valence-corrected chi connectivity index (χ2v) is 5.55. The van der Waals surface area contributed by atoms with Crippen molar-refractivity contribution in [2.75, 3.05) is 5.32 Å². The molecule has 1 unspecified atom stereocenters. The lowest BCUT2D eigenvalue weighted by Gasteiger charge is -2.06. The van der Waals surface area contributed by atoms with Crippen LogP contribution in [-0.4, -0.2) is 16.0 Å². The molecule has 0 spiro atoms. The topological polar surface area (TPSA) is 62.2 Å². The summed E-state index contributed by atoms with van der Waals surface area (Å²) in [5.41, 5.74) is 1.44. The van der Waals surface area contributed by atoms with Crippen molar-refractivity contribution in [2.45, 2.75) is 29.7 Å². The molecule has 0 aliphatic rings. The number of aliphatic hydroxyl groups is 1. The van der Waals surface area contributed by atoms with E-state index in [1.54, 1.807) is 24.9 Å². The molecule has 0 saturated carbocycles. The lowest BCUT2D eigenvalue weighted by molar-refractivity contribution is -0.114. The monoisotopic (exact) mass is 288 g/mol. The van der Waals surface area contributed by atoms with E-state index < -0.39 is 6.10 Å².